The van der Waals surface area contributed by atoms with E-state index < -0.39 is 30.1 Å². The van der Waals surface area contributed by atoms with Gasteiger partial charge in [0, 0.05) is 11.3 Å². The first kappa shape index (κ1) is 23.1. The van der Waals surface area contributed by atoms with Gasteiger partial charge in [0.05, 0.1) is 22.5 Å². The Morgan fingerprint density at radius 1 is 1.16 bits per heavy atom. The fourth-order valence-electron chi connectivity index (χ4n) is 3.62. The van der Waals surface area contributed by atoms with E-state index in [4.69, 9.17) is 9.31 Å². The van der Waals surface area contributed by atoms with Crippen LogP contribution in [0.1, 0.15) is 55.9 Å². The summed E-state index contributed by atoms with van der Waals surface area (Å²) < 4.78 is 52.8. The van der Waals surface area contributed by atoms with Crippen LogP contribution >= 0.6 is 11.8 Å². The largest absolute Gasteiger partial charge is 0.495 e. The third kappa shape index (κ3) is 4.40. The number of benzene rings is 1. The number of aromatic nitrogens is 2. The lowest BCUT2D eigenvalue weighted by molar-refractivity contribution is -0.136. The molecule has 10 heteroatoms. The number of hydrogen-bond donors (Lipinski definition) is 1. The summed E-state index contributed by atoms with van der Waals surface area (Å²) in [6.45, 7) is 7.17. The lowest BCUT2D eigenvalue weighted by atomic mass is 9.75. The molecule has 1 aromatic carbocycles. The van der Waals surface area contributed by atoms with Gasteiger partial charge in [-0.1, -0.05) is 18.2 Å². The smallest absolute Gasteiger partial charge is 0.399 e. The summed E-state index contributed by atoms with van der Waals surface area (Å²) in [5, 5.41) is 0. The van der Waals surface area contributed by atoms with Crippen LogP contribution in [-0.2, 0) is 27.7 Å². The average molecular weight is 464 g/mol. The highest BCUT2D eigenvalue weighted by molar-refractivity contribution is 7.98. The first-order valence-electron chi connectivity index (χ1n) is 10.3. The fourth-order valence-corrected chi connectivity index (χ4v) is 4.61. The van der Waals surface area contributed by atoms with Gasteiger partial charge in [-0.3, -0.25) is 4.79 Å². The number of nitrogens with zero attached hydrogens (tertiary/aromatic N) is 1. The highest BCUT2D eigenvalue weighted by atomic mass is 32.2. The van der Waals surface area contributed by atoms with Gasteiger partial charge in [-0.05, 0) is 63.0 Å². The van der Waals surface area contributed by atoms with Crippen LogP contribution in [0.2, 0.25) is 0 Å². The van der Waals surface area contributed by atoms with Crippen molar-refractivity contribution < 1.29 is 22.5 Å². The van der Waals surface area contributed by atoms with E-state index in [0.29, 0.717) is 22.7 Å². The number of thioether (sulfide) groups is 1. The maximum Gasteiger partial charge on any atom is 0.495 e. The quantitative estimate of drug-likeness (QED) is 0.695. The van der Waals surface area contributed by atoms with Crippen molar-refractivity contribution in [1.29, 1.82) is 0 Å². The van der Waals surface area contributed by atoms with Crippen LogP contribution in [0.25, 0.3) is 12.2 Å². The molecule has 0 saturated carbocycles. The molecule has 2 aliphatic heterocycles. The van der Waals surface area contributed by atoms with Crippen molar-refractivity contribution in [1.82, 2.24) is 9.97 Å². The number of aromatic amines is 1. The van der Waals surface area contributed by atoms with E-state index in [0.717, 1.165) is 23.9 Å². The van der Waals surface area contributed by atoms with E-state index in [2.05, 4.69) is 9.97 Å². The van der Waals surface area contributed by atoms with E-state index in [1.54, 1.807) is 51.6 Å². The molecule has 1 saturated heterocycles. The molecule has 0 amide bonds. The second-order valence-corrected chi connectivity index (χ2v) is 10.1. The highest BCUT2D eigenvalue weighted by Gasteiger charge is 2.53. The number of fused-ring (bicyclic) bond motifs is 1. The zero-order chi connectivity index (χ0) is 23.3. The van der Waals surface area contributed by atoms with Gasteiger partial charge in [0.15, 0.2) is 0 Å². The first-order valence-corrected chi connectivity index (χ1v) is 11.5. The van der Waals surface area contributed by atoms with Gasteiger partial charge < -0.3 is 14.3 Å². The van der Waals surface area contributed by atoms with Crippen LogP contribution in [0.3, 0.4) is 0 Å². The third-order valence-corrected chi connectivity index (χ3v) is 7.16. The summed E-state index contributed by atoms with van der Waals surface area (Å²) in [7, 11) is -1.15. The summed E-state index contributed by atoms with van der Waals surface area (Å²) in [5.41, 5.74) is -0.610. The highest BCUT2D eigenvalue weighted by Crippen LogP contribution is 2.38. The maximum absolute atomic E-state index is 13.7. The van der Waals surface area contributed by atoms with Crippen LogP contribution in [0, 0.1) is 0 Å². The summed E-state index contributed by atoms with van der Waals surface area (Å²) in [6.07, 6.45) is -0.612. The van der Waals surface area contributed by atoms with Gasteiger partial charge in [-0.25, -0.2) is 4.98 Å². The molecule has 5 nitrogen and oxygen atoms in total. The summed E-state index contributed by atoms with van der Waals surface area (Å²) >= 11 is 1.69. The van der Waals surface area contributed by atoms with Gasteiger partial charge in [-0.15, -0.1) is 0 Å². The van der Waals surface area contributed by atoms with Crippen molar-refractivity contribution in [2.75, 3.05) is 5.75 Å². The molecule has 4 rings (SSSR count). The molecule has 1 fully saturated rings. The minimum Gasteiger partial charge on any atom is -0.399 e. The van der Waals surface area contributed by atoms with Crippen molar-refractivity contribution in [3.63, 3.8) is 0 Å². The Morgan fingerprint density at radius 2 is 1.84 bits per heavy atom. The molecular formula is C22H24BF3N2O3S. The van der Waals surface area contributed by atoms with Crippen molar-refractivity contribution in [2.45, 2.75) is 57.2 Å². The Labute approximate surface area is 189 Å². The Kier molecular flexibility index (Phi) is 5.84. The maximum atomic E-state index is 13.7. The van der Waals surface area contributed by atoms with Crippen molar-refractivity contribution >= 4 is 36.5 Å². The molecule has 32 heavy (non-hydrogen) atoms. The predicted molar refractivity (Wildman–Crippen MR) is 121 cm³/mol. The van der Waals surface area contributed by atoms with Crippen LogP contribution in [0.4, 0.5) is 13.2 Å². The predicted octanol–water partition coefficient (Wildman–Crippen LogP) is 4.05. The number of aryl methyl sites for hydroxylation is 1. The zero-order valence-corrected chi connectivity index (χ0v) is 19.1. The molecule has 0 aliphatic carbocycles. The Bertz CT molecular complexity index is 1110. The molecule has 170 valence electrons. The molecule has 1 aromatic heterocycles. The summed E-state index contributed by atoms with van der Waals surface area (Å²) in [5.74, 6) is 1.92. The van der Waals surface area contributed by atoms with Crippen molar-refractivity contribution in [3.05, 3.63) is 56.8 Å². The molecule has 2 aromatic rings. The Balaban J connectivity index is 1.69. The second kappa shape index (κ2) is 8.07. The van der Waals surface area contributed by atoms with Gasteiger partial charge in [0.2, 0.25) is 0 Å². The Hall–Kier alpha value is -2.04. The van der Waals surface area contributed by atoms with Crippen molar-refractivity contribution in [2.24, 2.45) is 0 Å². The standard InChI is InChI=1S/C22H24BF3N2O3S/c1-20(2)21(3,4)31-23(30-20)16-11-13(5-7-15(16)22(24,25)26)6-8-18-27-17-9-10-32-12-14(17)19(29)28-18/h5-8,11H,9-10,12H2,1-4H3,(H,27,28,29)/b8-6+. The molecule has 0 radical (unpaired) electrons. The zero-order valence-electron chi connectivity index (χ0n) is 18.3. The van der Waals surface area contributed by atoms with Crippen LogP contribution in [0.15, 0.2) is 23.0 Å². The van der Waals surface area contributed by atoms with E-state index in [1.807, 2.05) is 0 Å². The molecule has 3 heterocycles. The molecular weight excluding hydrogens is 440 g/mol. The van der Waals surface area contributed by atoms with Gasteiger partial charge in [-0.2, -0.15) is 24.9 Å². The minimum atomic E-state index is -4.55. The normalized spacial score (nSPS) is 20.0. The molecule has 2 aliphatic rings. The average Bonchev–Trinajstić information content (AvgIpc) is 2.92. The first-order chi connectivity index (χ1) is 14.9. The third-order valence-electron chi connectivity index (χ3n) is 6.17. The molecule has 0 spiro atoms. The molecule has 1 N–H and O–H groups in total. The topological polar surface area (TPSA) is 64.2 Å². The van der Waals surface area contributed by atoms with E-state index >= 15 is 0 Å². The number of H-pyrrole nitrogens is 1. The van der Waals surface area contributed by atoms with Crippen molar-refractivity contribution in [3.8, 4) is 0 Å². The fraction of sp³-hybridized carbons (Fsp3) is 0.455. The molecule has 0 atom stereocenters. The number of rotatable bonds is 3. The van der Waals surface area contributed by atoms with Gasteiger partial charge >= 0.3 is 13.3 Å². The monoisotopic (exact) mass is 464 g/mol. The minimum absolute atomic E-state index is 0.0813. The number of hydrogen-bond acceptors (Lipinski definition) is 5. The summed E-state index contributed by atoms with van der Waals surface area (Å²) in [6, 6.07) is 3.82. The van der Waals surface area contributed by atoms with E-state index in [9.17, 15) is 18.0 Å². The Morgan fingerprint density at radius 3 is 2.50 bits per heavy atom. The number of halogens is 3. The lowest BCUT2D eigenvalue weighted by Crippen LogP contribution is -2.41. The number of nitrogens with one attached hydrogen (secondary N) is 1. The SMILES string of the molecule is CC1(C)OB(c2cc(/C=C/c3nc4c(c(=O)[nH]3)CSCC4)ccc2C(F)(F)F)OC1(C)C. The van der Waals surface area contributed by atoms with Gasteiger partial charge in [0.25, 0.3) is 5.56 Å². The number of alkyl halides is 3. The summed E-state index contributed by atoms with van der Waals surface area (Å²) in [4.78, 5) is 19.5. The molecule has 0 bridgehead atoms. The van der Waals surface area contributed by atoms with E-state index in [-0.39, 0.29) is 11.0 Å². The van der Waals surface area contributed by atoms with E-state index in [1.165, 1.54) is 12.1 Å². The molecule has 0 unspecified atom stereocenters. The van der Waals surface area contributed by atoms with Crippen LogP contribution < -0.4 is 11.0 Å². The lowest BCUT2D eigenvalue weighted by Gasteiger charge is -2.32. The van der Waals surface area contributed by atoms with Gasteiger partial charge in [0.1, 0.15) is 5.82 Å². The second-order valence-electron chi connectivity index (χ2n) is 8.95. The van der Waals surface area contributed by atoms with Crippen LogP contribution in [-0.4, -0.2) is 34.0 Å². The van der Waals surface area contributed by atoms with Crippen LogP contribution in [0.5, 0.6) is 0 Å².